The van der Waals surface area contributed by atoms with Gasteiger partial charge in [0.2, 0.25) is 5.91 Å². The van der Waals surface area contributed by atoms with Crippen molar-refractivity contribution in [3.8, 4) is 0 Å². The van der Waals surface area contributed by atoms with Crippen molar-refractivity contribution in [2.24, 2.45) is 5.73 Å². The van der Waals surface area contributed by atoms with E-state index < -0.39 is 5.54 Å². The Morgan fingerprint density at radius 1 is 1.48 bits per heavy atom. The maximum Gasteiger partial charge on any atom is 0.242 e. The van der Waals surface area contributed by atoms with Crippen molar-refractivity contribution in [2.75, 3.05) is 12.4 Å². The molecule has 1 saturated carbocycles. The molecule has 4 N–H and O–H groups in total. The number of nitrogens with two attached hydrogens (primary N) is 1. The monoisotopic (exact) mass is 308 g/mol. The van der Waals surface area contributed by atoms with E-state index in [1.165, 1.54) is 0 Å². The van der Waals surface area contributed by atoms with Gasteiger partial charge in [-0.25, -0.2) is 0 Å². The Balaban J connectivity index is 2.17. The van der Waals surface area contributed by atoms with E-state index in [0.29, 0.717) is 12.5 Å². The minimum Gasteiger partial charge on any atom is -0.395 e. The molecule has 0 bridgehead atoms. The van der Waals surface area contributed by atoms with Crippen molar-refractivity contribution in [2.45, 2.75) is 43.0 Å². The molecular weight excluding hydrogens is 284 g/mol. The quantitative estimate of drug-likeness (QED) is 0.648. The molecule has 21 heavy (non-hydrogen) atoms. The number of amides is 1. The highest BCUT2D eigenvalue weighted by Gasteiger charge is 2.42. The molecule has 0 aliphatic heterocycles. The van der Waals surface area contributed by atoms with Crippen LogP contribution in [-0.2, 0) is 10.3 Å². The van der Waals surface area contributed by atoms with Crippen molar-refractivity contribution in [1.29, 1.82) is 0 Å². The Bertz CT molecular complexity index is 465. The van der Waals surface area contributed by atoms with E-state index in [1.807, 2.05) is 37.3 Å². The van der Waals surface area contributed by atoms with Crippen LogP contribution in [0.4, 0.5) is 0 Å². The van der Waals surface area contributed by atoms with Gasteiger partial charge < -0.3 is 10.8 Å². The van der Waals surface area contributed by atoms with Gasteiger partial charge in [-0.3, -0.25) is 10.1 Å². The summed E-state index contributed by atoms with van der Waals surface area (Å²) in [6.07, 6.45) is 2.84. The van der Waals surface area contributed by atoms with Gasteiger partial charge in [0.1, 0.15) is 5.54 Å². The molecule has 0 spiro atoms. The Morgan fingerprint density at radius 2 is 2.14 bits per heavy atom. The highest BCUT2D eigenvalue weighted by atomic mass is 32.2. The average molecular weight is 308 g/mol. The SMILES string of the molecule is CC(CO)SCCC(NC1CC1)(C(N)=O)c1ccccc1. The molecular formula is C16H24N2O2S. The molecule has 1 aromatic carbocycles. The molecule has 1 aliphatic rings. The Kier molecular flexibility index (Phi) is 5.67. The lowest BCUT2D eigenvalue weighted by Crippen LogP contribution is -2.54. The fraction of sp³-hybridized carbons (Fsp3) is 0.562. The molecule has 1 aromatic rings. The van der Waals surface area contributed by atoms with Crippen LogP contribution >= 0.6 is 11.8 Å². The lowest BCUT2D eigenvalue weighted by Gasteiger charge is -2.33. The van der Waals surface area contributed by atoms with Crippen LogP contribution in [0.3, 0.4) is 0 Å². The van der Waals surface area contributed by atoms with Gasteiger partial charge in [0.15, 0.2) is 0 Å². The van der Waals surface area contributed by atoms with Crippen molar-refractivity contribution in [3.05, 3.63) is 35.9 Å². The number of aliphatic hydroxyl groups excluding tert-OH is 1. The van der Waals surface area contributed by atoms with Gasteiger partial charge in [-0.15, -0.1) is 0 Å². The van der Waals surface area contributed by atoms with E-state index in [1.54, 1.807) is 11.8 Å². The van der Waals surface area contributed by atoms with E-state index in [2.05, 4.69) is 5.32 Å². The Labute approximate surface area is 130 Å². The smallest absolute Gasteiger partial charge is 0.242 e. The van der Waals surface area contributed by atoms with Crippen LogP contribution in [0.15, 0.2) is 30.3 Å². The van der Waals surface area contributed by atoms with Crippen molar-refractivity contribution in [1.82, 2.24) is 5.32 Å². The van der Waals surface area contributed by atoms with E-state index in [0.717, 1.165) is 24.2 Å². The van der Waals surface area contributed by atoms with Crippen molar-refractivity contribution in [3.63, 3.8) is 0 Å². The first kappa shape index (κ1) is 16.3. The van der Waals surface area contributed by atoms with Gasteiger partial charge >= 0.3 is 0 Å². The summed E-state index contributed by atoms with van der Waals surface area (Å²) in [5.74, 6) is 0.456. The van der Waals surface area contributed by atoms with Crippen LogP contribution in [0.25, 0.3) is 0 Å². The van der Waals surface area contributed by atoms with Crippen LogP contribution in [0.2, 0.25) is 0 Å². The zero-order valence-corrected chi connectivity index (χ0v) is 13.2. The molecule has 1 aliphatic carbocycles. The molecule has 1 fully saturated rings. The lowest BCUT2D eigenvalue weighted by atomic mass is 9.86. The zero-order valence-electron chi connectivity index (χ0n) is 12.4. The minimum absolute atomic E-state index is 0.148. The normalized spacial score (nSPS) is 19.0. The first-order valence-electron chi connectivity index (χ1n) is 7.44. The number of nitrogens with one attached hydrogen (secondary N) is 1. The fourth-order valence-corrected chi connectivity index (χ4v) is 3.33. The zero-order chi connectivity index (χ0) is 15.3. The predicted octanol–water partition coefficient (Wildman–Crippen LogP) is 1.62. The Morgan fingerprint density at radius 3 is 2.67 bits per heavy atom. The third kappa shape index (κ3) is 4.22. The first-order valence-corrected chi connectivity index (χ1v) is 8.49. The molecule has 0 aromatic heterocycles. The summed E-state index contributed by atoms with van der Waals surface area (Å²) in [7, 11) is 0. The molecule has 2 unspecified atom stereocenters. The van der Waals surface area contributed by atoms with Crippen LogP contribution in [-0.4, -0.2) is 34.7 Å². The first-order chi connectivity index (χ1) is 10.1. The lowest BCUT2D eigenvalue weighted by molar-refractivity contribution is -0.125. The summed E-state index contributed by atoms with van der Waals surface area (Å²) >= 11 is 1.67. The second-order valence-corrected chi connectivity index (χ2v) is 7.21. The molecule has 2 atom stereocenters. The van der Waals surface area contributed by atoms with Crippen LogP contribution in [0.5, 0.6) is 0 Å². The average Bonchev–Trinajstić information content (AvgIpc) is 3.30. The molecule has 4 nitrogen and oxygen atoms in total. The fourth-order valence-electron chi connectivity index (χ4n) is 2.40. The number of hydrogen-bond acceptors (Lipinski definition) is 4. The number of hydrogen-bond donors (Lipinski definition) is 3. The van der Waals surface area contributed by atoms with Crippen molar-refractivity contribution >= 4 is 17.7 Å². The predicted molar refractivity (Wildman–Crippen MR) is 87.1 cm³/mol. The second kappa shape index (κ2) is 7.29. The molecule has 0 radical (unpaired) electrons. The highest BCUT2D eigenvalue weighted by Crippen LogP contribution is 2.32. The number of benzene rings is 1. The summed E-state index contributed by atoms with van der Waals surface area (Å²) in [6.45, 7) is 2.13. The molecule has 116 valence electrons. The summed E-state index contributed by atoms with van der Waals surface area (Å²) in [5.41, 5.74) is 5.90. The molecule has 1 amide bonds. The number of carbonyl (C=O) groups is 1. The number of primary amides is 1. The summed E-state index contributed by atoms with van der Waals surface area (Å²) in [6, 6.07) is 10.1. The molecule has 0 saturated heterocycles. The van der Waals surface area contributed by atoms with E-state index in [4.69, 9.17) is 10.8 Å². The minimum atomic E-state index is -0.801. The maximum atomic E-state index is 12.2. The number of rotatable bonds is 9. The summed E-state index contributed by atoms with van der Waals surface area (Å²) in [5, 5.41) is 12.8. The number of carbonyl (C=O) groups excluding carboxylic acids is 1. The summed E-state index contributed by atoms with van der Waals surface area (Å²) in [4.78, 5) is 12.2. The van der Waals surface area contributed by atoms with Gasteiger partial charge in [0.05, 0.1) is 6.61 Å². The van der Waals surface area contributed by atoms with E-state index >= 15 is 0 Å². The van der Waals surface area contributed by atoms with E-state index in [9.17, 15) is 4.79 Å². The highest BCUT2D eigenvalue weighted by molar-refractivity contribution is 7.99. The van der Waals surface area contributed by atoms with Gasteiger partial charge in [-0.05, 0) is 30.6 Å². The topological polar surface area (TPSA) is 75.3 Å². The van der Waals surface area contributed by atoms with Gasteiger partial charge in [-0.2, -0.15) is 11.8 Å². The van der Waals surface area contributed by atoms with Crippen LogP contribution in [0, 0.1) is 0 Å². The summed E-state index contributed by atoms with van der Waals surface area (Å²) < 4.78 is 0. The van der Waals surface area contributed by atoms with Crippen LogP contribution < -0.4 is 11.1 Å². The maximum absolute atomic E-state index is 12.2. The van der Waals surface area contributed by atoms with E-state index in [-0.39, 0.29) is 17.8 Å². The van der Waals surface area contributed by atoms with Gasteiger partial charge in [-0.1, -0.05) is 37.3 Å². The third-order valence-electron chi connectivity index (χ3n) is 3.85. The van der Waals surface area contributed by atoms with Crippen LogP contribution in [0.1, 0.15) is 31.7 Å². The van der Waals surface area contributed by atoms with Gasteiger partial charge in [0, 0.05) is 11.3 Å². The standard InChI is InChI=1S/C16H24N2O2S/c1-12(11-19)21-10-9-16(15(17)20,18-14-7-8-14)13-5-3-2-4-6-13/h2-6,12,14,18-19H,7-11H2,1H3,(H2,17,20). The largest absolute Gasteiger partial charge is 0.395 e. The number of aliphatic hydroxyl groups is 1. The number of thioether (sulfide) groups is 1. The molecule has 0 heterocycles. The molecule has 5 heteroatoms. The molecule has 2 rings (SSSR count). The Hall–Kier alpha value is -1.04. The van der Waals surface area contributed by atoms with Crippen molar-refractivity contribution < 1.29 is 9.90 Å². The second-order valence-electron chi connectivity index (χ2n) is 5.67. The third-order valence-corrected chi connectivity index (χ3v) is 5.01. The van der Waals surface area contributed by atoms with Gasteiger partial charge in [0.25, 0.3) is 0 Å².